The molecule has 0 spiro atoms. The number of anilines is 3. The first-order chi connectivity index (χ1) is 16.4. The van der Waals surface area contributed by atoms with E-state index in [0.29, 0.717) is 14.8 Å². The third kappa shape index (κ3) is 7.35. The van der Waals surface area contributed by atoms with E-state index >= 15 is 0 Å². The lowest BCUT2D eigenvalue weighted by molar-refractivity contribution is 0.0635. The molecule has 0 saturated carbocycles. The highest BCUT2D eigenvalue weighted by Crippen LogP contribution is 2.28. The lowest BCUT2D eigenvalue weighted by Crippen LogP contribution is -2.27. The summed E-state index contributed by atoms with van der Waals surface area (Å²) in [6.07, 6.45) is -0.596. The molecule has 0 fully saturated rings. The second-order valence-corrected chi connectivity index (χ2v) is 9.79. The molecule has 0 unspecified atom stereocenters. The van der Waals surface area contributed by atoms with Crippen molar-refractivity contribution in [3.63, 3.8) is 0 Å². The summed E-state index contributed by atoms with van der Waals surface area (Å²) in [7, 11) is 0. The van der Waals surface area contributed by atoms with Crippen LogP contribution in [0.2, 0.25) is 0 Å². The Hall–Kier alpha value is -3.28. The van der Waals surface area contributed by atoms with E-state index in [2.05, 4.69) is 16.0 Å². The molecule has 10 heteroatoms. The molecule has 0 aliphatic heterocycles. The van der Waals surface area contributed by atoms with Gasteiger partial charge in [0, 0.05) is 15.8 Å². The molecule has 6 nitrogen and oxygen atoms in total. The average molecular weight is 597 g/mol. The van der Waals surface area contributed by atoms with Gasteiger partial charge in [-0.05, 0) is 91.4 Å². The van der Waals surface area contributed by atoms with Crippen LogP contribution in [0.5, 0.6) is 0 Å². The SMILES string of the molecule is CC(C)(C)OC(=O)Nc1ccc(CNC(=O)c2ccc(F)c(F)c2Nc2ccc(I)cc2F)cc1. The van der Waals surface area contributed by atoms with Gasteiger partial charge in [0.05, 0.1) is 16.9 Å². The van der Waals surface area contributed by atoms with Gasteiger partial charge in [-0.25, -0.2) is 18.0 Å². The molecule has 3 N–H and O–H groups in total. The van der Waals surface area contributed by atoms with E-state index in [0.717, 1.165) is 12.1 Å². The van der Waals surface area contributed by atoms with E-state index in [9.17, 15) is 22.8 Å². The molecule has 0 atom stereocenters. The normalized spacial score (nSPS) is 11.1. The lowest BCUT2D eigenvalue weighted by Gasteiger charge is -2.19. The zero-order chi connectivity index (χ0) is 25.8. The van der Waals surface area contributed by atoms with Gasteiger partial charge in [0.25, 0.3) is 5.91 Å². The molecule has 3 aromatic rings. The van der Waals surface area contributed by atoms with E-state index < -0.39 is 40.7 Å². The van der Waals surface area contributed by atoms with Crippen LogP contribution in [0.15, 0.2) is 54.6 Å². The fraction of sp³-hybridized carbons (Fsp3) is 0.200. The number of hydrogen-bond donors (Lipinski definition) is 3. The third-order valence-corrected chi connectivity index (χ3v) is 5.25. The summed E-state index contributed by atoms with van der Waals surface area (Å²) in [6.45, 7) is 5.33. The highest BCUT2D eigenvalue weighted by atomic mass is 127. The summed E-state index contributed by atoms with van der Waals surface area (Å²) in [5.41, 5.74) is -0.205. The third-order valence-electron chi connectivity index (χ3n) is 4.58. The topological polar surface area (TPSA) is 79.5 Å². The fourth-order valence-electron chi connectivity index (χ4n) is 2.99. The molecule has 0 heterocycles. The van der Waals surface area contributed by atoms with Crippen LogP contribution in [0.1, 0.15) is 36.7 Å². The molecule has 0 aliphatic carbocycles. The van der Waals surface area contributed by atoms with Crippen LogP contribution in [0, 0.1) is 21.0 Å². The van der Waals surface area contributed by atoms with Crippen molar-refractivity contribution in [2.45, 2.75) is 32.9 Å². The van der Waals surface area contributed by atoms with Crippen molar-refractivity contribution in [1.82, 2.24) is 5.32 Å². The molecule has 3 aromatic carbocycles. The van der Waals surface area contributed by atoms with Crippen molar-refractivity contribution in [2.75, 3.05) is 10.6 Å². The molecular weight excluding hydrogens is 574 g/mol. The van der Waals surface area contributed by atoms with Crippen LogP contribution in [-0.2, 0) is 11.3 Å². The molecule has 0 radical (unpaired) electrons. The van der Waals surface area contributed by atoms with E-state index in [1.807, 2.05) is 22.6 Å². The fourth-order valence-corrected chi connectivity index (χ4v) is 3.45. The van der Waals surface area contributed by atoms with Crippen molar-refractivity contribution < 1.29 is 27.5 Å². The minimum Gasteiger partial charge on any atom is -0.444 e. The number of ether oxygens (including phenoxy) is 1. The molecule has 184 valence electrons. The molecule has 3 rings (SSSR count). The first-order valence-corrected chi connectivity index (χ1v) is 11.6. The van der Waals surface area contributed by atoms with E-state index in [4.69, 9.17) is 4.74 Å². The number of benzene rings is 3. The van der Waals surface area contributed by atoms with Crippen LogP contribution in [0.4, 0.5) is 35.0 Å². The van der Waals surface area contributed by atoms with Crippen molar-refractivity contribution in [1.29, 1.82) is 0 Å². The summed E-state index contributed by atoms with van der Waals surface area (Å²) >= 11 is 1.92. The van der Waals surface area contributed by atoms with Crippen LogP contribution in [0.25, 0.3) is 0 Å². The predicted octanol–water partition coefficient (Wildman–Crippen LogP) is 6.73. The smallest absolute Gasteiger partial charge is 0.412 e. The molecular formula is C25H23F3IN3O3. The van der Waals surface area contributed by atoms with Crippen molar-refractivity contribution in [2.24, 2.45) is 0 Å². The molecule has 0 aromatic heterocycles. The Bertz CT molecular complexity index is 1250. The van der Waals surface area contributed by atoms with Gasteiger partial charge in [-0.15, -0.1) is 0 Å². The monoisotopic (exact) mass is 597 g/mol. The lowest BCUT2D eigenvalue weighted by atomic mass is 10.1. The van der Waals surface area contributed by atoms with Gasteiger partial charge in [-0.3, -0.25) is 10.1 Å². The second-order valence-electron chi connectivity index (χ2n) is 8.54. The molecule has 35 heavy (non-hydrogen) atoms. The van der Waals surface area contributed by atoms with Gasteiger partial charge < -0.3 is 15.4 Å². The van der Waals surface area contributed by atoms with Crippen molar-refractivity contribution in [3.8, 4) is 0 Å². The number of carbonyl (C=O) groups is 2. The largest absolute Gasteiger partial charge is 0.444 e. The Morgan fingerprint density at radius 1 is 0.943 bits per heavy atom. The summed E-state index contributed by atoms with van der Waals surface area (Å²) < 4.78 is 48.5. The van der Waals surface area contributed by atoms with Gasteiger partial charge in [0.15, 0.2) is 11.6 Å². The van der Waals surface area contributed by atoms with Crippen LogP contribution in [-0.4, -0.2) is 17.6 Å². The number of amides is 2. The number of halogens is 4. The maximum absolute atomic E-state index is 14.5. The highest BCUT2D eigenvalue weighted by Gasteiger charge is 2.20. The molecule has 0 saturated heterocycles. The average Bonchev–Trinajstić information content (AvgIpc) is 2.76. The Balaban J connectivity index is 1.70. The number of nitrogens with one attached hydrogen (secondary N) is 3. The Morgan fingerprint density at radius 3 is 2.26 bits per heavy atom. The Morgan fingerprint density at radius 2 is 1.63 bits per heavy atom. The van der Waals surface area contributed by atoms with Gasteiger partial charge in [0.1, 0.15) is 11.4 Å². The summed E-state index contributed by atoms with van der Waals surface area (Å²) in [6, 6.07) is 12.8. The van der Waals surface area contributed by atoms with Crippen LogP contribution >= 0.6 is 22.6 Å². The standard InChI is InChI=1S/C25H23F3IN3O3/c1-25(2,3)35-24(34)31-16-7-4-14(5-8-16)13-30-23(33)17-9-10-18(26)21(28)22(17)32-20-11-6-15(29)12-19(20)27/h4-12,32H,13H2,1-3H3,(H,30,33)(H,31,34). The minimum absolute atomic E-state index is 0.0713. The van der Waals surface area contributed by atoms with Gasteiger partial charge >= 0.3 is 6.09 Å². The first-order valence-electron chi connectivity index (χ1n) is 10.5. The summed E-state index contributed by atoms with van der Waals surface area (Å²) in [5, 5.41) is 7.72. The molecule has 0 bridgehead atoms. The van der Waals surface area contributed by atoms with Crippen LogP contribution < -0.4 is 16.0 Å². The van der Waals surface area contributed by atoms with E-state index in [1.165, 1.54) is 12.1 Å². The predicted molar refractivity (Wildman–Crippen MR) is 136 cm³/mol. The van der Waals surface area contributed by atoms with Crippen molar-refractivity contribution in [3.05, 3.63) is 86.7 Å². The number of carbonyl (C=O) groups excluding carboxylic acids is 2. The van der Waals surface area contributed by atoms with Crippen molar-refractivity contribution >= 4 is 51.7 Å². The van der Waals surface area contributed by atoms with Crippen LogP contribution in [0.3, 0.4) is 0 Å². The molecule has 0 aliphatic rings. The first kappa shape index (κ1) is 26.3. The van der Waals surface area contributed by atoms with E-state index in [1.54, 1.807) is 51.1 Å². The zero-order valence-electron chi connectivity index (χ0n) is 19.1. The maximum atomic E-state index is 14.5. The quantitative estimate of drug-likeness (QED) is 0.276. The Kier molecular flexibility index (Phi) is 8.26. The second kappa shape index (κ2) is 11.0. The van der Waals surface area contributed by atoms with Gasteiger partial charge in [-0.2, -0.15) is 0 Å². The Labute approximate surface area is 214 Å². The minimum atomic E-state index is -1.30. The zero-order valence-corrected chi connectivity index (χ0v) is 21.3. The number of hydrogen-bond acceptors (Lipinski definition) is 4. The maximum Gasteiger partial charge on any atom is 0.412 e. The highest BCUT2D eigenvalue weighted by molar-refractivity contribution is 14.1. The summed E-state index contributed by atoms with van der Waals surface area (Å²) in [4.78, 5) is 24.6. The van der Waals surface area contributed by atoms with Gasteiger partial charge in [0.2, 0.25) is 0 Å². The molecule has 2 amide bonds. The number of rotatable bonds is 6. The summed E-state index contributed by atoms with van der Waals surface area (Å²) in [5.74, 6) is -3.84. The van der Waals surface area contributed by atoms with E-state index in [-0.39, 0.29) is 17.8 Å². The van der Waals surface area contributed by atoms with Gasteiger partial charge in [-0.1, -0.05) is 12.1 Å².